The van der Waals surface area contributed by atoms with Crippen LogP contribution in [0.4, 0.5) is 5.13 Å². The molecule has 0 saturated heterocycles. The first kappa shape index (κ1) is 14.0. The van der Waals surface area contributed by atoms with Crippen molar-refractivity contribution in [3.63, 3.8) is 0 Å². The van der Waals surface area contributed by atoms with E-state index in [9.17, 15) is 0 Å². The Morgan fingerprint density at radius 1 is 1.16 bits per heavy atom. The summed E-state index contributed by atoms with van der Waals surface area (Å²) in [6.45, 7) is 5.36. The molecule has 2 aromatic rings. The average Bonchev–Trinajstić information content (AvgIpc) is 2.83. The minimum Gasteiger partial charge on any atom is -0.360 e. The van der Waals surface area contributed by atoms with E-state index in [2.05, 4.69) is 59.7 Å². The Balaban J connectivity index is 1.69. The van der Waals surface area contributed by atoms with Gasteiger partial charge >= 0.3 is 0 Å². The third-order valence-electron chi connectivity index (χ3n) is 2.81. The Labute approximate surface area is 119 Å². The van der Waals surface area contributed by atoms with E-state index < -0.39 is 0 Å². The Morgan fingerprint density at radius 3 is 2.68 bits per heavy atom. The van der Waals surface area contributed by atoms with Gasteiger partial charge < -0.3 is 5.32 Å². The van der Waals surface area contributed by atoms with Crippen LogP contribution in [0.25, 0.3) is 0 Å². The van der Waals surface area contributed by atoms with Crippen LogP contribution in [0.3, 0.4) is 0 Å². The van der Waals surface area contributed by atoms with Gasteiger partial charge in [0.25, 0.3) is 0 Å². The standard InChI is InChI=1S/C15H21N3S/c1-12(2)11-14-17-18-15(19-14)16-10-6-9-13-7-4-3-5-8-13/h3-5,7-8,12H,6,9-11H2,1-2H3,(H,16,18). The number of benzene rings is 1. The van der Waals surface area contributed by atoms with Gasteiger partial charge in [-0.3, -0.25) is 0 Å². The molecular weight excluding hydrogens is 254 g/mol. The number of hydrogen-bond donors (Lipinski definition) is 1. The summed E-state index contributed by atoms with van der Waals surface area (Å²) in [5.41, 5.74) is 1.39. The number of anilines is 1. The van der Waals surface area contributed by atoms with Gasteiger partial charge in [0.1, 0.15) is 5.01 Å². The van der Waals surface area contributed by atoms with Crippen molar-refractivity contribution in [2.45, 2.75) is 33.1 Å². The lowest BCUT2D eigenvalue weighted by molar-refractivity contribution is 0.640. The van der Waals surface area contributed by atoms with Gasteiger partial charge in [-0.25, -0.2) is 0 Å². The number of nitrogens with zero attached hydrogens (tertiary/aromatic N) is 2. The van der Waals surface area contributed by atoms with Crippen molar-refractivity contribution in [1.82, 2.24) is 10.2 Å². The summed E-state index contributed by atoms with van der Waals surface area (Å²) in [5, 5.41) is 13.8. The van der Waals surface area contributed by atoms with Gasteiger partial charge in [0, 0.05) is 13.0 Å². The maximum atomic E-state index is 4.20. The number of rotatable bonds is 7. The summed E-state index contributed by atoms with van der Waals surface area (Å²) in [7, 11) is 0. The lowest BCUT2D eigenvalue weighted by Gasteiger charge is -2.02. The molecule has 102 valence electrons. The highest BCUT2D eigenvalue weighted by molar-refractivity contribution is 7.15. The highest BCUT2D eigenvalue weighted by atomic mass is 32.1. The summed E-state index contributed by atoms with van der Waals surface area (Å²) >= 11 is 1.67. The van der Waals surface area contributed by atoms with Gasteiger partial charge in [0.2, 0.25) is 5.13 Å². The highest BCUT2D eigenvalue weighted by Gasteiger charge is 2.05. The lowest BCUT2D eigenvalue weighted by atomic mass is 10.1. The van der Waals surface area contributed by atoms with E-state index in [-0.39, 0.29) is 0 Å². The van der Waals surface area contributed by atoms with E-state index in [4.69, 9.17) is 0 Å². The molecule has 0 radical (unpaired) electrons. The predicted octanol–water partition coefficient (Wildman–Crippen LogP) is 3.78. The molecule has 19 heavy (non-hydrogen) atoms. The minimum atomic E-state index is 0.638. The van der Waals surface area contributed by atoms with Crippen LogP contribution in [-0.4, -0.2) is 16.7 Å². The van der Waals surface area contributed by atoms with Gasteiger partial charge in [-0.05, 0) is 24.3 Å². The van der Waals surface area contributed by atoms with Gasteiger partial charge in [-0.1, -0.05) is 55.5 Å². The molecule has 0 aliphatic carbocycles. The van der Waals surface area contributed by atoms with Gasteiger partial charge in [0.15, 0.2) is 0 Å². The maximum absolute atomic E-state index is 4.20. The summed E-state index contributed by atoms with van der Waals surface area (Å²) in [6.07, 6.45) is 3.23. The Kier molecular flexibility index (Phi) is 5.33. The van der Waals surface area contributed by atoms with E-state index >= 15 is 0 Å². The molecular formula is C15H21N3S. The second kappa shape index (κ2) is 7.24. The van der Waals surface area contributed by atoms with Crippen LogP contribution >= 0.6 is 11.3 Å². The number of aromatic nitrogens is 2. The van der Waals surface area contributed by atoms with Gasteiger partial charge in [-0.15, -0.1) is 10.2 Å². The minimum absolute atomic E-state index is 0.638. The molecule has 1 N–H and O–H groups in total. The van der Waals surface area contributed by atoms with Crippen LogP contribution in [0.1, 0.15) is 30.8 Å². The van der Waals surface area contributed by atoms with Crippen molar-refractivity contribution in [3.05, 3.63) is 40.9 Å². The van der Waals surface area contributed by atoms with Crippen molar-refractivity contribution in [1.29, 1.82) is 0 Å². The molecule has 2 rings (SSSR count). The van der Waals surface area contributed by atoms with E-state index in [1.807, 2.05) is 0 Å². The van der Waals surface area contributed by atoms with Gasteiger partial charge in [-0.2, -0.15) is 0 Å². The molecule has 3 nitrogen and oxygen atoms in total. The number of aryl methyl sites for hydroxylation is 1. The average molecular weight is 275 g/mol. The molecule has 1 aromatic heterocycles. The topological polar surface area (TPSA) is 37.8 Å². The zero-order valence-electron chi connectivity index (χ0n) is 11.6. The Morgan fingerprint density at radius 2 is 1.95 bits per heavy atom. The molecule has 0 atom stereocenters. The SMILES string of the molecule is CC(C)Cc1nnc(NCCCc2ccccc2)s1. The fourth-order valence-corrected chi connectivity index (χ4v) is 2.87. The van der Waals surface area contributed by atoms with Crippen LogP contribution in [0.5, 0.6) is 0 Å². The van der Waals surface area contributed by atoms with E-state index in [0.29, 0.717) is 5.92 Å². The normalized spacial score (nSPS) is 10.9. The number of nitrogens with one attached hydrogen (secondary N) is 1. The Bertz CT molecular complexity index is 479. The van der Waals surface area contributed by atoms with Crippen molar-refractivity contribution in [3.8, 4) is 0 Å². The fourth-order valence-electron chi connectivity index (χ4n) is 1.89. The molecule has 1 aromatic carbocycles. The zero-order valence-corrected chi connectivity index (χ0v) is 12.4. The highest BCUT2D eigenvalue weighted by Crippen LogP contribution is 2.18. The molecule has 0 unspecified atom stereocenters. The maximum Gasteiger partial charge on any atom is 0.205 e. The molecule has 0 fully saturated rings. The van der Waals surface area contributed by atoms with Gasteiger partial charge in [0.05, 0.1) is 0 Å². The predicted molar refractivity (Wildman–Crippen MR) is 81.7 cm³/mol. The first-order chi connectivity index (χ1) is 9.24. The summed E-state index contributed by atoms with van der Waals surface area (Å²) in [5.74, 6) is 0.638. The van der Waals surface area contributed by atoms with Crippen LogP contribution in [-0.2, 0) is 12.8 Å². The zero-order chi connectivity index (χ0) is 13.5. The molecule has 1 heterocycles. The molecule has 0 saturated carbocycles. The smallest absolute Gasteiger partial charge is 0.205 e. The van der Waals surface area contributed by atoms with Crippen LogP contribution < -0.4 is 5.32 Å². The van der Waals surface area contributed by atoms with Crippen molar-refractivity contribution >= 4 is 16.5 Å². The van der Waals surface area contributed by atoms with Crippen LogP contribution in [0.15, 0.2) is 30.3 Å². The van der Waals surface area contributed by atoms with Crippen molar-refractivity contribution in [2.24, 2.45) is 5.92 Å². The van der Waals surface area contributed by atoms with Crippen LogP contribution in [0, 0.1) is 5.92 Å². The Hall–Kier alpha value is -1.42. The molecule has 0 aliphatic heterocycles. The molecule has 4 heteroatoms. The number of hydrogen-bond acceptors (Lipinski definition) is 4. The van der Waals surface area contributed by atoms with Crippen LogP contribution in [0.2, 0.25) is 0 Å². The van der Waals surface area contributed by atoms with E-state index in [1.165, 1.54) is 5.56 Å². The fraction of sp³-hybridized carbons (Fsp3) is 0.467. The second-order valence-electron chi connectivity index (χ2n) is 5.11. The molecule has 0 amide bonds. The molecule has 0 spiro atoms. The lowest BCUT2D eigenvalue weighted by Crippen LogP contribution is -2.02. The third-order valence-corrected chi connectivity index (χ3v) is 3.71. The molecule has 0 aliphatic rings. The quantitative estimate of drug-likeness (QED) is 0.781. The first-order valence-corrected chi connectivity index (χ1v) is 7.66. The summed E-state index contributed by atoms with van der Waals surface area (Å²) in [4.78, 5) is 0. The van der Waals surface area contributed by atoms with E-state index in [1.54, 1.807) is 11.3 Å². The molecule has 0 bridgehead atoms. The summed E-state index contributed by atoms with van der Waals surface area (Å²) in [6, 6.07) is 10.6. The second-order valence-corrected chi connectivity index (χ2v) is 6.18. The monoisotopic (exact) mass is 275 g/mol. The first-order valence-electron chi connectivity index (χ1n) is 6.84. The van der Waals surface area contributed by atoms with Crippen molar-refractivity contribution < 1.29 is 0 Å². The van der Waals surface area contributed by atoms with Crippen molar-refractivity contribution in [2.75, 3.05) is 11.9 Å². The largest absolute Gasteiger partial charge is 0.360 e. The summed E-state index contributed by atoms with van der Waals surface area (Å²) < 4.78 is 0. The van der Waals surface area contributed by atoms with E-state index in [0.717, 1.165) is 35.9 Å². The third kappa shape index (κ3) is 4.99.